The minimum Gasteiger partial charge on any atom is -0.450 e. The molecule has 0 spiro atoms. The van der Waals surface area contributed by atoms with Gasteiger partial charge in [0.1, 0.15) is 0 Å². The number of alkyl carbamates (subject to hydrolysis) is 1. The summed E-state index contributed by atoms with van der Waals surface area (Å²) in [6.45, 7) is 7.99. The molecule has 4 nitrogen and oxygen atoms in total. The molecule has 0 aromatic rings. The highest BCUT2D eigenvalue weighted by Crippen LogP contribution is 2.10. The standard InChI is InChI=1S/C19H37NO3/c1-5-6-7-8-9-10-11-12-13-14-15-23-19(22)20-18(16(2)3)17(4)21/h16,18H,5-15H2,1-4H3,(H,20,22)/t18-/m1/s1. The maximum Gasteiger partial charge on any atom is 0.407 e. The monoisotopic (exact) mass is 327 g/mol. The molecule has 0 aliphatic rings. The Balaban J connectivity index is 3.47. The van der Waals surface area contributed by atoms with Gasteiger partial charge in [-0.25, -0.2) is 4.79 Å². The largest absolute Gasteiger partial charge is 0.450 e. The third kappa shape index (κ3) is 13.1. The lowest BCUT2D eigenvalue weighted by Crippen LogP contribution is -2.43. The summed E-state index contributed by atoms with van der Waals surface area (Å²) in [7, 11) is 0. The van der Waals surface area contributed by atoms with Crippen LogP contribution >= 0.6 is 0 Å². The van der Waals surface area contributed by atoms with Gasteiger partial charge in [-0.15, -0.1) is 0 Å². The van der Waals surface area contributed by atoms with Crippen LogP contribution < -0.4 is 5.32 Å². The predicted octanol–water partition coefficient (Wildman–Crippen LogP) is 5.25. The van der Waals surface area contributed by atoms with E-state index in [0.717, 1.165) is 12.8 Å². The molecule has 0 saturated heterocycles. The molecule has 0 rings (SSSR count). The first-order chi connectivity index (χ1) is 11.0. The average Bonchev–Trinajstić information content (AvgIpc) is 2.49. The van der Waals surface area contributed by atoms with Gasteiger partial charge in [0.25, 0.3) is 0 Å². The number of carbonyl (C=O) groups is 2. The Kier molecular flexibility index (Phi) is 13.9. The van der Waals surface area contributed by atoms with Gasteiger partial charge >= 0.3 is 6.09 Å². The van der Waals surface area contributed by atoms with Crippen LogP contribution in [0.2, 0.25) is 0 Å². The van der Waals surface area contributed by atoms with Gasteiger partial charge < -0.3 is 10.1 Å². The van der Waals surface area contributed by atoms with E-state index in [1.165, 1.54) is 58.3 Å². The van der Waals surface area contributed by atoms with Crippen molar-refractivity contribution < 1.29 is 14.3 Å². The summed E-state index contributed by atoms with van der Waals surface area (Å²) < 4.78 is 5.14. The Bertz CT molecular complexity index is 316. The van der Waals surface area contributed by atoms with Gasteiger partial charge in [0.05, 0.1) is 12.6 Å². The van der Waals surface area contributed by atoms with Crippen molar-refractivity contribution in [1.82, 2.24) is 5.32 Å². The molecular weight excluding hydrogens is 290 g/mol. The van der Waals surface area contributed by atoms with E-state index in [0.29, 0.717) is 6.61 Å². The zero-order valence-electron chi connectivity index (χ0n) is 15.7. The first-order valence-electron chi connectivity index (χ1n) is 9.42. The van der Waals surface area contributed by atoms with E-state index in [-0.39, 0.29) is 11.7 Å². The number of rotatable bonds is 14. The van der Waals surface area contributed by atoms with Gasteiger partial charge in [-0.1, -0.05) is 78.6 Å². The molecule has 0 unspecified atom stereocenters. The van der Waals surface area contributed by atoms with E-state index in [2.05, 4.69) is 12.2 Å². The fourth-order valence-corrected chi connectivity index (χ4v) is 2.66. The number of ketones is 1. The van der Waals surface area contributed by atoms with Gasteiger partial charge in [0, 0.05) is 0 Å². The molecular formula is C19H37NO3. The number of nitrogens with one attached hydrogen (secondary N) is 1. The lowest BCUT2D eigenvalue weighted by molar-refractivity contribution is -0.119. The third-order valence-corrected chi connectivity index (χ3v) is 4.11. The zero-order chi connectivity index (χ0) is 17.5. The molecule has 23 heavy (non-hydrogen) atoms. The van der Waals surface area contributed by atoms with E-state index in [9.17, 15) is 9.59 Å². The van der Waals surface area contributed by atoms with Crippen LogP contribution in [0.4, 0.5) is 4.79 Å². The highest BCUT2D eigenvalue weighted by Gasteiger charge is 2.20. The van der Waals surface area contributed by atoms with Gasteiger partial charge in [0.15, 0.2) is 5.78 Å². The first-order valence-corrected chi connectivity index (χ1v) is 9.42. The van der Waals surface area contributed by atoms with E-state index < -0.39 is 12.1 Å². The summed E-state index contributed by atoms with van der Waals surface area (Å²) in [6.07, 6.45) is 12.1. The smallest absolute Gasteiger partial charge is 0.407 e. The molecule has 4 heteroatoms. The van der Waals surface area contributed by atoms with Crippen molar-refractivity contribution in [3.63, 3.8) is 0 Å². The van der Waals surface area contributed by atoms with E-state index >= 15 is 0 Å². The van der Waals surface area contributed by atoms with Crippen LogP contribution in [0.25, 0.3) is 0 Å². The van der Waals surface area contributed by atoms with Crippen molar-refractivity contribution >= 4 is 11.9 Å². The molecule has 0 aliphatic carbocycles. The van der Waals surface area contributed by atoms with Crippen LogP contribution in [0.3, 0.4) is 0 Å². The molecule has 0 aromatic carbocycles. The summed E-state index contributed by atoms with van der Waals surface area (Å²) in [5.74, 6) is 0.0493. The molecule has 1 amide bonds. The van der Waals surface area contributed by atoms with Crippen LogP contribution in [-0.4, -0.2) is 24.5 Å². The normalized spacial score (nSPS) is 12.2. The SMILES string of the molecule is CCCCCCCCCCCCOC(=O)N[C@@H](C(C)=O)C(C)C. The molecule has 0 heterocycles. The van der Waals surface area contributed by atoms with Crippen LogP contribution in [0.15, 0.2) is 0 Å². The average molecular weight is 328 g/mol. The first kappa shape index (κ1) is 21.9. The number of Topliss-reactive ketones (excluding diaryl/α,β-unsaturated/α-hetero) is 1. The Hall–Kier alpha value is -1.06. The summed E-state index contributed by atoms with van der Waals surface area (Å²) in [4.78, 5) is 23.0. The second kappa shape index (κ2) is 14.5. The van der Waals surface area contributed by atoms with Crippen LogP contribution in [0.5, 0.6) is 0 Å². The van der Waals surface area contributed by atoms with Crippen LogP contribution in [0.1, 0.15) is 91.9 Å². The minimum absolute atomic E-state index is 0.0316. The van der Waals surface area contributed by atoms with Crippen LogP contribution in [0, 0.1) is 5.92 Å². The molecule has 0 bridgehead atoms. The molecule has 136 valence electrons. The van der Waals surface area contributed by atoms with Crippen molar-refractivity contribution in [2.45, 2.75) is 97.9 Å². The molecule has 0 radical (unpaired) electrons. The highest BCUT2D eigenvalue weighted by atomic mass is 16.5. The fraction of sp³-hybridized carbons (Fsp3) is 0.895. The second-order valence-electron chi connectivity index (χ2n) is 6.79. The lowest BCUT2D eigenvalue weighted by atomic mass is 10.0. The maximum absolute atomic E-state index is 11.6. The molecule has 0 aliphatic heterocycles. The molecule has 1 N–H and O–H groups in total. The Labute approximate surface area is 142 Å². The topological polar surface area (TPSA) is 55.4 Å². The van der Waals surface area contributed by atoms with Crippen molar-refractivity contribution in [1.29, 1.82) is 0 Å². The molecule has 1 atom stereocenters. The second-order valence-corrected chi connectivity index (χ2v) is 6.79. The maximum atomic E-state index is 11.6. The highest BCUT2D eigenvalue weighted by molar-refractivity contribution is 5.85. The number of hydrogen-bond acceptors (Lipinski definition) is 3. The number of amides is 1. The number of carbonyl (C=O) groups excluding carboxylic acids is 2. The zero-order valence-corrected chi connectivity index (χ0v) is 15.7. The summed E-state index contributed by atoms with van der Waals surface area (Å²) in [5, 5.41) is 2.64. The molecule has 0 fully saturated rings. The van der Waals surface area contributed by atoms with Gasteiger partial charge in [0.2, 0.25) is 0 Å². The lowest BCUT2D eigenvalue weighted by Gasteiger charge is -2.19. The van der Waals surface area contributed by atoms with Crippen LogP contribution in [-0.2, 0) is 9.53 Å². The Morgan fingerprint density at radius 1 is 0.870 bits per heavy atom. The number of hydrogen-bond donors (Lipinski definition) is 1. The van der Waals surface area contributed by atoms with Gasteiger partial charge in [-0.05, 0) is 19.3 Å². The van der Waals surface area contributed by atoms with Crippen molar-refractivity contribution in [2.75, 3.05) is 6.61 Å². The minimum atomic E-state index is -0.477. The van der Waals surface area contributed by atoms with Crippen molar-refractivity contribution in [2.24, 2.45) is 5.92 Å². The number of ether oxygens (including phenoxy) is 1. The summed E-state index contributed by atoms with van der Waals surface area (Å²) >= 11 is 0. The molecule has 0 aromatic heterocycles. The van der Waals surface area contributed by atoms with E-state index in [4.69, 9.17) is 4.74 Å². The molecule has 0 saturated carbocycles. The Morgan fingerprint density at radius 2 is 1.35 bits per heavy atom. The summed E-state index contributed by atoms with van der Waals surface area (Å²) in [5.41, 5.74) is 0. The fourth-order valence-electron chi connectivity index (χ4n) is 2.66. The quantitative estimate of drug-likeness (QED) is 0.443. The van der Waals surface area contributed by atoms with E-state index in [1.807, 2.05) is 13.8 Å². The number of unbranched alkanes of at least 4 members (excludes halogenated alkanes) is 9. The van der Waals surface area contributed by atoms with Crippen molar-refractivity contribution in [3.8, 4) is 0 Å². The predicted molar refractivity (Wildman–Crippen MR) is 95.6 cm³/mol. The van der Waals surface area contributed by atoms with Gasteiger partial charge in [-0.2, -0.15) is 0 Å². The van der Waals surface area contributed by atoms with Crippen molar-refractivity contribution in [3.05, 3.63) is 0 Å². The third-order valence-electron chi connectivity index (χ3n) is 4.11. The Morgan fingerprint density at radius 3 is 1.78 bits per heavy atom. The van der Waals surface area contributed by atoms with E-state index in [1.54, 1.807) is 0 Å². The van der Waals surface area contributed by atoms with Gasteiger partial charge in [-0.3, -0.25) is 4.79 Å². The summed E-state index contributed by atoms with van der Waals surface area (Å²) in [6, 6.07) is -0.449.